The Morgan fingerprint density at radius 2 is 2.22 bits per heavy atom. The molecule has 0 bridgehead atoms. The molecular formula is C17H19F2N5OS2. The fourth-order valence-corrected chi connectivity index (χ4v) is 4.61. The Morgan fingerprint density at radius 3 is 2.85 bits per heavy atom. The van der Waals surface area contributed by atoms with Crippen molar-refractivity contribution in [2.24, 2.45) is 0 Å². The van der Waals surface area contributed by atoms with Gasteiger partial charge in [0.15, 0.2) is 0 Å². The van der Waals surface area contributed by atoms with Crippen LogP contribution in [0, 0.1) is 11.6 Å². The fraction of sp³-hybridized carbons (Fsp3) is 0.353. The number of thiazole rings is 1. The Bertz CT molecular complexity index is 862. The zero-order valence-electron chi connectivity index (χ0n) is 14.8. The van der Waals surface area contributed by atoms with Crippen molar-refractivity contribution in [2.45, 2.75) is 30.9 Å². The lowest BCUT2D eigenvalue weighted by Crippen LogP contribution is -2.42. The van der Waals surface area contributed by atoms with E-state index in [2.05, 4.69) is 15.1 Å². The predicted molar refractivity (Wildman–Crippen MR) is 101 cm³/mol. The second-order valence-electron chi connectivity index (χ2n) is 6.10. The van der Waals surface area contributed by atoms with Crippen molar-refractivity contribution in [1.82, 2.24) is 24.1 Å². The van der Waals surface area contributed by atoms with Crippen molar-refractivity contribution in [3.05, 3.63) is 64.6 Å². The Hall–Kier alpha value is -1.88. The van der Waals surface area contributed by atoms with E-state index in [9.17, 15) is 13.9 Å². The van der Waals surface area contributed by atoms with Gasteiger partial charge in [-0.15, -0.1) is 11.3 Å². The monoisotopic (exact) mass is 411 g/mol. The largest absolute Gasteiger partial charge is 0.382 e. The van der Waals surface area contributed by atoms with Gasteiger partial charge in [0.2, 0.25) is 0 Å². The van der Waals surface area contributed by atoms with Crippen molar-refractivity contribution >= 4 is 23.3 Å². The molecule has 0 saturated heterocycles. The third-order valence-electron chi connectivity index (χ3n) is 4.12. The van der Waals surface area contributed by atoms with Crippen molar-refractivity contribution in [3.8, 4) is 0 Å². The van der Waals surface area contributed by atoms with E-state index >= 15 is 0 Å². The maximum atomic E-state index is 14.5. The maximum Gasteiger partial charge on any atom is 0.137 e. The van der Waals surface area contributed by atoms with Gasteiger partial charge in [-0.25, -0.2) is 27.7 Å². The summed E-state index contributed by atoms with van der Waals surface area (Å²) >= 11 is 2.90. The average Bonchev–Trinajstić information content (AvgIpc) is 3.28. The van der Waals surface area contributed by atoms with Crippen LogP contribution >= 0.6 is 23.3 Å². The molecule has 27 heavy (non-hydrogen) atoms. The maximum absolute atomic E-state index is 14.5. The summed E-state index contributed by atoms with van der Waals surface area (Å²) in [5.74, 6) is -1.49. The molecule has 3 aromatic rings. The van der Waals surface area contributed by atoms with Crippen LogP contribution in [0.25, 0.3) is 0 Å². The summed E-state index contributed by atoms with van der Waals surface area (Å²) in [7, 11) is 1.87. The van der Waals surface area contributed by atoms with E-state index in [-0.39, 0.29) is 12.1 Å². The smallest absolute Gasteiger partial charge is 0.137 e. The predicted octanol–water partition coefficient (Wildman–Crippen LogP) is 3.07. The number of hydrogen-bond acceptors (Lipinski definition) is 7. The van der Waals surface area contributed by atoms with E-state index in [0.29, 0.717) is 6.54 Å². The molecule has 2 aromatic heterocycles. The first-order valence-electron chi connectivity index (χ1n) is 8.15. The molecule has 0 aliphatic heterocycles. The van der Waals surface area contributed by atoms with Gasteiger partial charge in [0, 0.05) is 23.2 Å². The van der Waals surface area contributed by atoms with E-state index in [1.54, 1.807) is 13.1 Å². The van der Waals surface area contributed by atoms with Gasteiger partial charge >= 0.3 is 0 Å². The van der Waals surface area contributed by atoms with Gasteiger partial charge in [-0.3, -0.25) is 0 Å². The van der Waals surface area contributed by atoms with Gasteiger partial charge in [-0.05, 0) is 20.0 Å². The van der Waals surface area contributed by atoms with Gasteiger partial charge in [0.1, 0.15) is 34.9 Å². The van der Waals surface area contributed by atoms with Crippen LogP contribution < -0.4 is 0 Å². The SMILES string of the molecule is C[C@@H](SN(C)Cc1nccs1)[C@](O)(Cn1cncn1)c1ccc(F)cc1F. The van der Waals surface area contributed by atoms with E-state index in [1.807, 2.05) is 16.7 Å². The zero-order valence-corrected chi connectivity index (χ0v) is 16.4. The van der Waals surface area contributed by atoms with E-state index < -0.39 is 22.5 Å². The molecule has 1 aromatic carbocycles. The van der Waals surface area contributed by atoms with E-state index in [4.69, 9.17) is 0 Å². The summed E-state index contributed by atoms with van der Waals surface area (Å²) in [6.07, 6.45) is 4.52. The third-order valence-corrected chi connectivity index (χ3v) is 6.08. The molecule has 2 atom stereocenters. The van der Waals surface area contributed by atoms with Crippen LogP contribution in [0.5, 0.6) is 0 Å². The highest BCUT2D eigenvalue weighted by Crippen LogP contribution is 2.37. The first kappa shape index (κ1) is 19.9. The lowest BCUT2D eigenvalue weighted by atomic mass is 9.90. The Balaban J connectivity index is 1.86. The summed E-state index contributed by atoms with van der Waals surface area (Å²) in [5, 5.41) is 17.8. The first-order valence-corrected chi connectivity index (χ1v) is 9.86. The molecule has 0 aliphatic rings. The zero-order chi connectivity index (χ0) is 19.4. The Kier molecular flexibility index (Phi) is 6.20. The summed E-state index contributed by atoms with van der Waals surface area (Å²) in [6, 6.07) is 3.19. The highest BCUT2D eigenvalue weighted by Gasteiger charge is 2.40. The quantitative estimate of drug-likeness (QED) is 0.575. The molecule has 0 amide bonds. The number of rotatable bonds is 8. The van der Waals surface area contributed by atoms with Gasteiger partial charge < -0.3 is 5.11 Å². The normalized spacial score (nSPS) is 15.0. The minimum Gasteiger partial charge on any atom is -0.382 e. The third kappa shape index (κ3) is 4.70. The summed E-state index contributed by atoms with van der Waals surface area (Å²) in [4.78, 5) is 8.12. The number of benzene rings is 1. The van der Waals surface area contributed by atoms with Crippen LogP contribution in [0.3, 0.4) is 0 Å². The molecular weight excluding hydrogens is 392 g/mol. The number of hydrogen-bond donors (Lipinski definition) is 1. The standard InChI is InChI=1S/C17H19F2N5OS2/c1-12(27-23(2)8-16-21-5-6-26-16)17(25,9-24-11-20-10-22-24)14-4-3-13(18)7-15(14)19/h3-7,10-12,25H,8-9H2,1-2H3/t12-,17-/m1/s1. The highest BCUT2D eigenvalue weighted by molar-refractivity contribution is 7.97. The molecule has 0 radical (unpaired) electrons. The molecule has 0 saturated carbocycles. The highest BCUT2D eigenvalue weighted by atomic mass is 32.2. The van der Waals surface area contributed by atoms with E-state index in [1.165, 1.54) is 46.7 Å². The average molecular weight is 412 g/mol. The minimum atomic E-state index is -1.63. The second kappa shape index (κ2) is 8.42. The van der Waals surface area contributed by atoms with Crippen LogP contribution in [0.2, 0.25) is 0 Å². The van der Waals surface area contributed by atoms with Gasteiger partial charge in [-0.1, -0.05) is 18.0 Å². The molecule has 0 fully saturated rings. The number of aliphatic hydroxyl groups is 1. The van der Waals surface area contributed by atoms with Crippen LogP contribution in [0.15, 0.2) is 42.4 Å². The van der Waals surface area contributed by atoms with Gasteiger partial charge in [0.05, 0.1) is 18.3 Å². The van der Waals surface area contributed by atoms with Crippen molar-refractivity contribution in [3.63, 3.8) is 0 Å². The van der Waals surface area contributed by atoms with Crippen molar-refractivity contribution in [1.29, 1.82) is 0 Å². The molecule has 6 nitrogen and oxygen atoms in total. The van der Waals surface area contributed by atoms with Crippen LogP contribution in [0.4, 0.5) is 8.78 Å². The van der Waals surface area contributed by atoms with Gasteiger partial charge in [0.25, 0.3) is 0 Å². The lowest BCUT2D eigenvalue weighted by Gasteiger charge is -2.36. The Labute approximate surface area is 164 Å². The summed E-state index contributed by atoms with van der Waals surface area (Å²) < 4.78 is 31.2. The second-order valence-corrected chi connectivity index (χ2v) is 8.62. The minimum absolute atomic E-state index is 0.0158. The number of nitrogens with zero attached hydrogens (tertiary/aromatic N) is 5. The van der Waals surface area contributed by atoms with Crippen LogP contribution in [-0.4, -0.2) is 41.5 Å². The first-order chi connectivity index (χ1) is 12.9. The van der Waals surface area contributed by atoms with Crippen molar-refractivity contribution < 1.29 is 13.9 Å². The lowest BCUT2D eigenvalue weighted by molar-refractivity contribution is 0.0126. The van der Waals surface area contributed by atoms with Crippen LogP contribution in [-0.2, 0) is 18.7 Å². The number of halogens is 2. The summed E-state index contributed by atoms with van der Waals surface area (Å²) in [5.41, 5.74) is -1.62. The van der Waals surface area contributed by atoms with Gasteiger partial charge in [-0.2, -0.15) is 5.10 Å². The summed E-state index contributed by atoms with van der Waals surface area (Å²) in [6.45, 7) is 2.36. The molecule has 3 rings (SSSR count). The molecule has 2 heterocycles. The Morgan fingerprint density at radius 1 is 1.41 bits per heavy atom. The molecule has 1 N–H and O–H groups in total. The molecule has 0 spiro atoms. The molecule has 0 unspecified atom stereocenters. The molecule has 0 aliphatic carbocycles. The molecule has 144 valence electrons. The fourth-order valence-electron chi connectivity index (χ4n) is 2.75. The van der Waals surface area contributed by atoms with Crippen LogP contribution in [0.1, 0.15) is 17.5 Å². The topological polar surface area (TPSA) is 67.1 Å². The van der Waals surface area contributed by atoms with E-state index in [0.717, 1.165) is 17.1 Å². The van der Waals surface area contributed by atoms with Crippen molar-refractivity contribution in [2.75, 3.05) is 7.05 Å². The molecule has 10 heteroatoms. The number of aromatic nitrogens is 4.